The monoisotopic (exact) mass is 370 g/mol. The van der Waals surface area contributed by atoms with Crippen molar-refractivity contribution in [3.63, 3.8) is 0 Å². The number of piperidine rings is 2. The van der Waals surface area contributed by atoms with Crippen molar-refractivity contribution in [3.05, 3.63) is 29.6 Å². The van der Waals surface area contributed by atoms with Crippen molar-refractivity contribution in [3.8, 4) is 0 Å². The molecule has 1 atom stereocenters. The van der Waals surface area contributed by atoms with Crippen LogP contribution in [0, 0.1) is 12.8 Å². The third-order valence-electron chi connectivity index (χ3n) is 6.62. The lowest BCUT2D eigenvalue weighted by molar-refractivity contribution is -0.136. The first-order valence-corrected chi connectivity index (χ1v) is 10.9. The summed E-state index contributed by atoms with van der Waals surface area (Å²) in [6.45, 7) is 9.44. The van der Waals surface area contributed by atoms with Gasteiger partial charge in [0, 0.05) is 51.0 Å². The fraction of sp³-hybridized carbons (Fsp3) is 0.727. The van der Waals surface area contributed by atoms with Crippen molar-refractivity contribution in [1.82, 2.24) is 19.7 Å². The van der Waals surface area contributed by atoms with Crippen LogP contribution in [0.15, 0.2) is 18.2 Å². The van der Waals surface area contributed by atoms with Crippen LogP contribution in [0.25, 0.3) is 0 Å². The van der Waals surface area contributed by atoms with Gasteiger partial charge in [0.2, 0.25) is 5.91 Å². The first-order chi connectivity index (χ1) is 13.2. The predicted octanol–water partition coefficient (Wildman–Crippen LogP) is 2.69. The molecule has 5 heteroatoms. The number of pyridine rings is 1. The molecule has 27 heavy (non-hydrogen) atoms. The van der Waals surface area contributed by atoms with Crippen molar-refractivity contribution < 1.29 is 4.79 Å². The van der Waals surface area contributed by atoms with Crippen LogP contribution in [0.5, 0.6) is 0 Å². The Morgan fingerprint density at radius 2 is 1.81 bits per heavy atom. The summed E-state index contributed by atoms with van der Waals surface area (Å²) >= 11 is 0. The molecule has 0 spiro atoms. The molecule has 0 N–H and O–H groups in total. The molecule has 5 nitrogen and oxygen atoms in total. The number of nitrogens with zero attached hydrogens (tertiary/aromatic N) is 4. The van der Waals surface area contributed by atoms with Crippen LogP contribution in [0.3, 0.4) is 0 Å². The van der Waals surface area contributed by atoms with Crippen molar-refractivity contribution >= 4 is 5.91 Å². The van der Waals surface area contributed by atoms with Gasteiger partial charge in [0.15, 0.2) is 0 Å². The maximum Gasteiger partial charge on any atom is 0.226 e. The van der Waals surface area contributed by atoms with Gasteiger partial charge in [-0.2, -0.15) is 0 Å². The van der Waals surface area contributed by atoms with Gasteiger partial charge in [-0.05, 0) is 64.1 Å². The molecular weight excluding hydrogens is 336 g/mol. The number of aryl methyl sites for hydroxylation is 1. The lowest BCUT2D eigenvalue weighted by Gasteiger charge is -2.42. The number of hydrogen-bond acceptors (Lipinski definition) is 4. The molecule has 0 radical (unpaired) electrons. The van der Waals surface area contributed by atoms with E-state index in [1.54, 1.807) is 0 Å². The lowest BCUT2D eigenvalue weighted by Crippen LogP contribution is -2.51. The number of amides is 1. The number of aromatic nitrogens is 1. The first kappa shape index (κ1) is 18.9. The van der Waals surface area contributed by atoms with Crippen molar-refractivity contribution in [1.29, 1.82) is 0 Å². The molecule has 3 saturated heterocycles. The fourth-order valence-electron chi connectivity index (χ4n) is 5.09. The second-order valence-electron chi connectivity index (χ2n) is 8.64. The van der Waals surface area contributed by atoms with Gasteiger partial charge in [0.05, 0.1) is 11.6 Å². The van der Waals surface area contributed by atoms with E-state index in [9.17, 15) is 4.79 Å². The minimum atomic E-state index is 0.242. The molecule has 148 valence electrons. The topological polar surface area (TPSA) is 39.7 Å². The highest BCUT2D eigenvalue weighted by atomic mass is 16.2. The Morgan fingerprint density at radius 3 is 2.56 bits per heavy atom. The molecule has 1 aromatic rings. The van der Waals surface area contributed by atoms with Crippen LogP contribution in [-0.2, 0) is 11.3 Å². The number of likely N-dealkylation sites (tertiary alicyclic amines) is 3. The molecule has 0 aromatic carbocycles. The zero-order valence-electron chi connectivity index (χ0n) is 16.8. The third kappa shape index (κ3) is 4.69. The van der Waals surface area contributed by atoms with Gasteiger partial charge in [-0.25, -0.2) is 0 Å². The SMILES string of the molecule is Cc1cccc(CN2CCC(N3CCCC(C(=O)N4CCCC4)C3)CC2)n1. The molecule has 3 aliphatic rings. The molecule has 3 fully saturated rings. The molecule has 0 bridgehead atoms. The Bertz CT molecular complexity index is 635. The number of carbonyl (C=O) groups is 1. The van der Waals surface area contributed by atoms with E-state index in [0.29, 0.717) is 11.9 Å². The molecule has 0 aliphatic carbocycles. The van der Waals surface area contributed by atoms with Crippen molar-refractivity contribution in [2.75, 3.05) is 39.3 Å². The maximum absolute atomic E-state index is 12.8. The van der Waals surface area contributed by atoms with Crippen LogP contribution < -0.4 is 0 Å². The van der Waals surface area contributed by atoms with Crippen LogP contribution in [0.4, 0.5) is 0 Å². The third-order valence-corrected chi connectivity index (χ3v) is 6.62. The number of rotatable bonds is 4. The van der Waals surface area contributed by atoms with Crippen LogP contribution >= 0.6 is 0 Å². The second kappa shape index (κ2) is 8.70. The first-order valence-electron chi connectivity index (χ1n) is 10.9. The number of hydrogen-bond donors (Lipinski definition) is 0. The molecule has 1 unspecified atom stereocenters. The van der Waals surface area contributed by atoms with E-state index < -0.39 is 0 Å². The Kier molecular flexibility index (Phi) is 6.08. The van der Waals surface area contributed by atoms with Gasteiger partial charge in [0.1, 0.15) is 0 Å². The molecular formula is C22H34N4O. The Hall–Kier alpha value is -1.46. The van der Waals surface area contributed by atoms with E-state index in [2.05, 4.69) is 44.8 Å². The van der Waals surface area contributed by atoms with Gasteiger partial charge < -0.3 is 4.90 Å². The van der Waals surface area contributed by atoms with Crippen LogP contribution in [-0.4, -0.2) is 70.9 Å². The van der Waals surface area contributed by atoms with Gasteiger partial charge in [0.25, 0.3) is 0 Å². The molecule has 1 amide bonds. The smallest absolute Gasteiger partial charge is 0.226 e. The predicted molar refractivity (Wildman–Crippen MR) is 107 cm³/mol. The molecule has 0 saturated carbocycles. The average molecular weight is 371 g/mol. The molecule has 1 aromatic heterocycles. The van der Waals surface area contributed by atoms with Crippen molar-refractivity contribution in [2.24, 2.45) is 5.92 Å². The summed E-state index contributed by atoms with van der Waals surface area (Å²) in [6, 6.07) is 6.96. The number of carbonyl (C=O) groups excluding carboxylic acids is 1. The minimum absolute atomic E-state index is 0.242. The van der Waals surface area contributed by atoms with E-state index in [1.165, 1.54) is 44.3 Å². The Balaban J connectivity index is 1.27. The van der Waals surface area contributed by atoms with Crippen LogP contribution in [0.2, 0.25) is 0 Å². The van der Waals surface area contributed by atoms with E-state index in [-0.39, 0.29) is 5.92 Å². The highest BCUT2D eigenvalue weighted by molar-refractivity contribution is 5.79. The van der Waals surface area contributed by atoms with Crippen LogP contribution in [0.1, 0.15) is 49.9 Å². The molecule has 4 heterocycles. The van der Waals surface area contributed by atoms with E-state index >= 15 is 0 Å². The van der Waals surface area contributed by atoms with E-state index in [0.717, 1.165) is 51.4 Å². The quantitative estimate of drug-likeness (QED) is 0.817. The summed E-state index contributed by atoms with van der Waals surface area (Å²) < 4.78 is 0. The van der Waals surface area contributed by atoms with Gasteiger partial charge in [-0.3, -0.25) is 19.6 Å². The summed E-state index contributed by atoms with van der Waals surface area (Å²) in [5, 5.41) is 0. The summed E-state index contributed by atoms with van der Waals surface area (Å²) in [5.74, 6) is 0.673. The summed E-state index contributed by atoms with van der Waals surface area (Å²) in [6.07, 6.45) is 7.08. The second-order valence-corrected chi connectivity index (χ2v) is 8.64. The average Bonchev–Trinajstić information content (AvgIpc) is 3.23. The Labute approximate surface area is 163 Å². The van der Waals surface area contributed by atoms with Gasteiger partial charge in [-0.1, -0.05) is 6.07 Å². The Morgan fingerprint density at radius 1 is 1.04 bits per heavy atom. The van der Waals surface area contributed by atoms with Crippen molar-refractivity contribution in [2.45, 2.75) is 58.0 Å². The molecule has 4 rings (SSSR count). The van der Waals surface area contributed by atoms with E-state index in [4.69, 9.17) is 0 Å². The zero-order valence-corrected chi connectivity index (χ0v) is 16.8. The normalized spacial score (nSPS) is 25.8. The summed E-state index contributed by atoms with van der Waals surface area (Å²) in [7, 11) is 0. The maximum atomic E-state index is 12.8. The standard InChI is InChI=1S/C22H34N4O/c1-18-6-4-8-20(23-18)17-24-14-9-21(10-15-24)26-13-5-7-19(16-26)22(27)25-11-2-3-12-25/h4,6,8,19,21H,2-3,5,7,9-17H2,1H3. The minimum Gasteiger partial charge on any atom is -0.342 e. The fourth-order valence-corrected chi connectivity index (χ4v) is 5.09. The summed E-state index contributed by atoms with van der Waals surface area (Å²) in [5.41, 5.74) is 2.28. The van der Waals surface area contributed by atoms with E-state index in [1.807, 2.05) is 0 Å². The van der Waals surface area contributed by atoms with Gasteiger partial charge in [-0.15, -0.1) is 0 Å². The lowest BCUT2D eigenvalue weighted by atomic mass is 9.93. The van der Waals surface area contributed by atoms with Gasteiger partial charge >= 0.3 is 0 Å². The molecule has 3 aliphatic heterocycles. The highest BCUT2D eigenvalue weighted by Gasteiger charge is 2.34. The largest absolute Gasteiger partial charge is 0.342 e. The highest BCUT2D eigenvalue weighted by Crippen LogP contribution is 2.26. The zero-order chi connectivity index (χ0) is 18.6. The summed E-state index contributed by atoms with van der Waals surface area (Å²) in [4.78, 5) is 24.7.